The van der Waals surface area contributed by atoms with E-state index in [1.165, 1.54) is 24.3 Å². The van der Waals surface area contributed by atoms with Gasteiger partial charge in [0.15, 0.2) is 0 Å². The Balaban J connectivity index is 0.991. The van der Waals surface area contributed by atoms with Crippen LogP contribution in [0, 0.1) is 17.5 Å². The van der Waals surface area contributed by atoms with Crippen LogP contribution in [-0.2, 0) is 29.0 Å². The van der Waals surface area contributed by atoms with Gasteiger partial charge in [-0.25, -0.2) is 32.6 Å². The minimum absolute atomic E-state index is 0.0400. The van der Waals surface area contributed by atoms with Crippen LogP contribution in [0.3, 0.4) is 0 Å². The van der Waals surface area contributed by atoms with E-state index < -0.39 is 23.4 Å². The molecule has 8 rings (SSSR count). The van der Waals surface area contributed by atoms with Gasteiger partial charge in [0.25, 0.3) is 0 Å². The van der Waals surface area contributed by atoms with Crippen molar-refractivity contribution in [1.82, 2.24) is 29.5 Å². The number of fused-ring (bicyclic) bond motifs is 1. The molecule has 3 aromatic carbocycles. The summed E-state index contributed by atoms with van der Waals surface area (Å²) in [6.07, 6.45) is 2.46. The van der Waals surface area contributed by atoms with Crippen LogP contribution in [-0.4, -0.2) is 66.5 Å². The number of halogens is 3. The highest BCUT2D eigenvalue weighted by Gasteiger charge is 2.24. The molecule has 0 radical (unpaired) electrons. The average Bonchev–Trinajstić information content (AvgIpc) is 3.67. The summed E-state index contributed by atoms with van der Waals surface area (Å²) in [5.41, 5.74) is 2.73. The van der Waals surface area contributed by atoms with E-state index in [-0.39, 0.29) is 59.0 Å². The fraction of sp³-hybridized carbons (Fsp3) is 0.250. The van der Waals surface area contributed by atoms with Crippen LogP contribution in [0.15, 0.2) is 72.9 Å². The predicted octanol–water partition coefficient (Wildman–Crippen LogP) is 6.00. The Morgan fingerprint density at radius 2 is 1.78 bits per heavy atom. The molecule has 0 aliphatic carbocycles. The third-order valence-electron chi connectivity index (χ3n) is 8.97. The molecule has 0 saturated carbocycles. The van der Waals surface area contributed by atoms with E-state index in [4.69, 9.17) is 14.2 Å². The molecule has 2 aliphatic heterocycles. The summed E-state index contributed by atoms with van der Waals surface area (Å²) in [5, 5.41) is 17.7. The second kappa shape index (κ2) is 13.0. The van der Waals surface area contributed by atoms with Crippen LogP contribution in [0.4, 0.5) is 13.2 Å². The van der Waals surface area contributed by atoms with Gasteiger partial charge in [0.05, 0.1) is 54.4 Å². The Morgan fingerprint density at radius 3 is 2.52 bits per heavy atom. The molecule has 2 saturated heterocycles. The number of carbonyl (C=O) groups is 1. The number of hydrogen-bond donors (Lipinski definition) is 1. The maximum Gasteiger partial charge on any atom is 0.335 e. The summed E-state index contributed by atoms with van der Waals surface area (Å²) < 4.78 is 66.3. The minimum Gasteiger partial charge on any atom is -0.478 e. The van der Waals surface area contributed by atoms with Crippen LogP contribution < -0.4 is 4.74 Å². The zero-order valence-corrected chi connectivity index (χ0v) is 26.4. The zero-order valence-electron chi connectivity index (χ0n) is 26.4. The lowest BCUT2D eigenvalue weighted by Crippen LogP contribution is -2.31. The van der Waals surface area contributed by atoms with Crippen molar-refractivity contribution >= 4 is 17.0 Å². The highest BCUT2D eigenvalue weighted by Crippen LogP contribution is 2.30. The number of aromatic carboxylic acids is 1. The van der Waals surface area contributed by atoms with Gasteiger partial charge in [0.2, 0.25) is 5.88 Å². The second-order valence-corrected chi connectivity index (χ2v) is 12.3. The van der Waals surface area contributed by atoms with Crippen molar-refractivity contribution in [3.05, 3.63) is 113 Å². The van der Waals surface area contributed by atoms with Crippen molar-refractivity contribution in [2.75, 3.05) is 19.8 Å². The smallest absolute Gasteiger partial charge is 0.335 e. The molecule has 2 fully saturated rings. The highest BCUT2D eigenvalue weighted by molar-refractivity contribution is 5.92. The first kappa shape index (κ1) is 31.7. The van der Waals surface area contributed by atoms with E-state index in [0.717, 1.165) is 18.6 Å². The molecular formula is C36H29F3N6O5. The van der Waals surface area contributed by atoms with E-state index in [1.807, 2.05) is 4.57 Å². The number of pyridine rings is 1. The van der Waals surface area contributed by atoms with Crippen LogP contribution in [0.1, 0.15) is 39.8 Å². The average molecular weight is 683 g/mol. The molecule has 1 N–H and O–H groups in total. The Kier molecular flexibility index (Phi) is 8.25. The van der Waals surface area contributed by atoms with Gasteiger partial charge >= 0.3 is 5.97 Å². The lowest BCUT2D eigenvalue weighted by molar-refractivity contribution is -0.0589. The molecule has 0 spiro atoms. The number of benzene rings is 3. The third-order valence-corrected chi connectivity index (χ3v) is 8.97. The van der Waals surface area contributed by atoms with Gasteiger partial charge in [-0.1, -0.05) is 23.4 Å². The Labute approximate surface area is 282 Å². The van der Waals surface area contributed by atoms with Crippen molar-refractivity contribution in [2.24, 2.45) is 0 Å². The summed E-state index contributed by atoms with van der Waals surface area (Å²) in [6.45, 7) is 2.01. The Morgan fingerprint density at radius 1 is 0.940 bits per heavy atom. The first-order valence-electron chi connectivity index (χ1n) is 16.0. The zero-order chi connectivity index (χ0) is 34.4. The van der Waals surface area contributed by atoms with Gasteiger partial charge < -0.3 is 23.9 Å². The summed E-state index contributed by atoms with van der Waals surface area (Å²) in [7, 11) is 0. The SMILES string of the molecule is O=C(O)c1ccc2nc(Cc3cc(F)c(-c4cccc(OCc5ccc(-c6cn(C7COC7)nn6)cc5F)n4)cc3F)n(CC3CCO3)c2c1. The third kappa shape index (κ3) is 6.18. The van der Waals surface area contributed by atoms with Crippen LogP contribution in [0.25, 0.3) is 33.5 Å². The largest absolute Gasteiger partial charge is 0.478 e. The quantitative estimate of drug-likeness (QED) is 0.175. The molecule has 3 aromatic heterocycles. The van der Waals surface area contributed by atoms with Gasteiger partial charge in [-0.05, 0) is 54.4 Å². The number of hydrogen-bond acceptors (Lipinski definition) is 8. The molecule has 1 unspecified atom stereocenters. The number of rotatable bonds is 11. The monoisotopic (exact) mass is 682 g/mol. The van der Waals surface area contributed by atoms with Crippen molar-refractivity contribution in [3.8, 4) is 28.4 Å². The summed E-state index contributed by atoms with van der Waals surface area (Å²) in [4.78, 5) is 20.6. The van der Waals surface area contributed by atoms with E-state index in [1.54, 1.807) is 41.2 Å². The predicted molar refractivity (Wildman–Crippen MR) is 173 cm³/mol. The van der Waals surface area contributed by atoms with Crippen molar-refractivity contribution in [1.29, 1.82) is 0 Å². The fourth-order valence-electron chi connectivity index (χ4n) is 5.95. The molecule has 0 amide bonds. The van der Waals surface area contributed by atoms with E-state index >= 15 is 13.2 Å². The molecule has 14 heteroatoms. The van der Waals surface area contributed by atoms with Crippen LogP contribution in [0.2, 0.25) is 0 Å². The number of aromatic nitrogens is 6. The number of nitrogens with zero attached hydrogens (tertiary/aromatic N) is 6. The van der Waals surface area contributed by atoms with Crippen LogP contribution in [0.5, 0.6) is 5.88 Å². The lowest BCUT2D eigenvalue weighted by Gasteiger charge is -2.27. The number of ether oxygens (including phenoxy) is 3. The summed E-state index contributed by atoms with van der Waals surface area (Å²) in [6, 6.07) is 16.2. The van der Waals surface area contributed by atoms with Gasteiger partial charge in [-0.3, -0.25) is 0 Å². The molecule has 1 atom stereocenters. The van der Waals surface area contributed by atoms with Crippen LogP contribution >= 0.6 is 0 Å². The molecule has 11 nitrogen and oxygen atoms in total. The van der Waals surface area contributed by atoms with E-state index in [0.29, 0.717) is 54.5 Å². The molecule has 2 aliphatic rings. The molecule has 5 heterocycles. The van der Waals surface area contributed by atoms with Crippen molar-refractivity contribution in [2.45, 2.75) is 38.1 Å². The first-order valence-corrected chi connectivity index (χ1v) is 16.0. The molecule has 254 valence electrons. The normalized spacial score (nSPS) is 15.9. The van der Waals surface area contributed by atoms with E-state index in [2.05, 4.69) is 20.3 Å². The van der Waals surface area contributed by atoms with E-state index in [9.17, 15) is 9.90 Å². The topological polar surface area (TPSA) is 126 Å². The maximum absolute atomic E-state index is 15.6. The number of carboxylic acid groups (broad SMARTS) is 1. The van der Waals surface area contributed by atoms with Gasteiger partial charge in [0.1, 0.15) is 41.6 Å². The summed E-state index contributed by atoms with van der Waals surface area (Å²) in [5.74, 6) is -2.39. The highest BCUT2D eigenvalue weighted by atomic mass is 19.1. The summed E-state index contributed by atoms with van der Waals surface area (Å²) >= 11 is 0. The standard InChI is InChI=1S/C36H29F3N6O5/c37-27-10-20(32-16-45(43-42-32)24-18-48-19-24)4-5-22(27)17-50-35-3-1-2-30(41-35)26-14-28(38)23(11-29(26)39)13-34-40-31-7-6-21(36(46)47)12-33(31)44(34)15-25-8-9-49-25/h1-7,10-12,14,16,24-25H,8-9,13,15,17-19H2,(H,46,47). The molecule has 0 bridgehead atoms. The maximum atomic E-state index is 15.6. The Hall–Kier alpha value is -5.60. The molecular weight excluding hydrogens is 653 g/mol. The van der Waals surface area contributed by atoms with Crippen molar-refractivity contribution in [3.63, 3.8) is 0 Å². The van der Waals surface area contributed by atoms with Gasteiger partial charge in [-0.2, -0.15) is 0 Å². The minimum atomic E-state index is -1.08. The molecule has 6 aromatic rings. The fourth-order valence-corrected chi connectivity index (χ4v) is 5.95. The lowest BCUT2D eigenvalue weighted by atomic mass is 10.0. The Bertz CT molecular complexity index is 2250. The number of imidazole rings is 1. The van der Waals surface area contributed by atoms with Gasteiger partial charge in [0, 0.05) is 35.8 Å². The number of carboxylic acids is 1. The second-order valence-electron chi connectivity index (χ2n) is 12.3. The van der Waals surface area contributed by atoms with Crippen molar-refractivity contribution < 1.29 is 37.3 Å². The van der Waals surface area contributed by atoms with Gasteiger partial charge in [-0.15, -0.1) is 5.10 Å². The molecule has 50 heavy (non-hydrogen) atoms. The first-order chi connectivity index (χ1) is 24.3.